The molecule has 0 aliphatic carbocycles. The lowest BCUT2D eigenvalue weighted by molar-refractivity contribution is -0.114. The summed E-state index contributed by atoms with van der Waals surface area (Å²) in [5, 5.41) is 2.63. The Balaban J connectivity index is 1.65. The van der Waals surface area contributed by atoms with E-state index in [1.807, 2.05) is 6.92 Å². The fraction of sp³-hybridized carbons (Fsp3) is 0.296. The van der Waals surface area contributed by atoms with E-state index in [-0.39, 0.29) is 53.2 Å². The Morgan fingerprint density at radius 3 is 2.12 bits per heavy atom. The van der Waals surface area contributed by atoms with Crippen LogP contribution in [-0.2, 0) is 29.6 Å². The minimum Gasteiger partial charge on any atom is -0.497 e. The quantitative estimate of drug-likeness (QED) is 0.382. The molecule has 0 atom stereocenters. The van der Waals surface area contributed by atoms with Crippen LogP contribution in [-0.4, -0.2) is 74.1 Å². The summed E-state index contributed by atoms with van der Waals surface area (Å²) >= 11 is 0. The molecule has 0 bridgehead atoms. The Kier molecular flexibility index (Phi) is 8.98. The third-order valence-corrected chi connectivity index (χ3v) is 9.99. The summed E-state index contributed by atoms with van der Waals surface area (Å²) in [6.45, 7) is 2.25. The second-order valence-corrected chi connectivity index (χ2v) is 12.7. The average Bonchev–Trinajstić information content (AvgIpc) is 2.96. The van der Waals surface area contributed by atoms with E-state index < -0.39 is 32.5 Å². The van der Waals surface area contributed by atoms with E-state index in [0.717, 1.165) is 9.87 Å². The molecule has 1 aliphatic rings. The van der Waals surface area contributed by atoms with E-state index in [1.165, 1.54) is 61.0 Å². The van der Waals surface area contributed by atoms with Crippen molar-refractivity contribution in [2.45, 2.75) is 16.7 Å². The number of hydrogen-bond donors (Lipinski definition) is 1. The lowest BCUT2D eigenvalue weighted by Gasteiger charge is -2.26. The third kappa shape index (κ3) is 6.39. The number of hydrogen-bond acceptors (Lipinski definition) is 8. The van der Waals surface area contributed by atoms with Crippen LogP contribution in [0.2, 0.25) is 0 Å². The summed E-state index contributed by atoms with van der Waals surface area (Å²) in [5.74, 6) is 0.0290. The lowest BCUT2D eigenvalue weighted by Crippen LogP contribution is -2.40. The lowest BCUT2D eigenvalue weighted by atomic mass is 10.2. The summed E-state index contributed by atoms with van der Waals surface area (Å²) < 4.78 is 71.7. The summed E-state index contributed by atoms with van der Waals surface area (Å²) in [6, 6.07) is 16.7. The van der Waals surface area contributed by atoms with Crippen LogP contribution < -0.4 is 19.1 Å². The van der Waals surface area contributed by atoms with Crippen molar-refractivity contribution in [2.75, 3.05) is 56.7 Å². The Hall–Kier alpha value is -3.65. The largest absolute Gasteiger partial charge is 0.497 e. The molecule has 1 N–H and O–H groups in total. The maximum Gasteiger partial charge on any atom is 0.264 e. The highest BCUT2D eigenvalue weighted by Crippen LogP contribution is 2.30. The number of rotatable bonds is 10. The van der Waals surface area contributed by atoms with Gasteiger partial charge in [0, 0.05) is 13.1 Å². The Bertz CT molecular complexity index is 1550. The fourth-order valence-electron chi connectivity index (χ4n) is 4.10. The zero-order valence-corrected chi connectivity index (χ0v) is 24.0. The standard InChI is InChI=1S/C27H31N3O8S2/c1-20-4-10-23(11-5-20)40(34,35)30(21-6-8-22(36-2)9-7-21)19-27(31)28-25-18-24(12-13-26(25)37-3)39(32,33)29-14-16-38-17-15-29/h4-13,18H,14-17,19H2,1-3H3,(H,28,31). The number of anilines is 2. The minimum atomic E-state index is -4.15. The van der Waals surface area contributed by atoms with Crippen molar-refractivity contribution >= 4 is 37.3 Å². The predicted octanol–water partition coefficient (Wildman–Crippen LogP) is 2.87. The molecule has 4 rings (SSSR count). The second kappa shape index (κ2) is 12.3. The number of carbonyl (C=O) groups excluding carboxylic acids is 1. The van der Waals surface area contributed by atoms with E-state index in [9.17, 15) is 21.6 Å². The van der Waals surface area contributed by atoms with Gasteiger partial charge in [0.25, 0.3) is 10.0 Å². The first-order valence-electron chi connectivity index (χ1n) is 12.4. The molecule has 0 saturated carbocycles. The molecule has 40 heavy (non-hydrogen) atoms. The van der Waals surface area contributed by atoms with Gasteiger partial charge in [-0.3, -0.25) is 9.10 Å². The maximum atomic E-state index is 13.7. The summed E-state index contributed by atoms with van der Waals surface area (Å²) in [5.41, 5.74) is 1.21. The second-order valence-electron chi connectivity index (χ2n) is 8.95. The van der Waals surface area contributed by atoms with Crippen molar-refractivity contribution in [2.24, 2.45) is 0 Å². The van der Waals surface area contributed by atoms with E-state index in [4.69, 9.17) is 14.2 Å². The molecule has 1 amide bonds. The maximum absolute atomic E-state index is 13.7. The average molecular weight is 590 g/mol. The summed E-state index contributed by atoms with van der Waals surface area (Å²) in [6.07, 6.45) is 0. The molecule has 0 unspecified atom stereocenters. The number of nitrogens with zero attached hydrogens (tertiary/aromatic N) is 2. The fourth-order valence-corrected chi connectivity index (χ4v) is 6.96. The molecule has 0 aromatic heterocycles. The SMILES string of the molecule is COc1ccc(N(CC(=O)Nc2cc(S(=O)(=O)N3CCOCC3)ccc2OC)S(=O)(=O)c2ccc(C)cc2)cc1. The first-order chi connectivity index (χ1) is 19.1. The van der Waals surface area contributed by atoms with Gasteiger partial charge in [-0.2, -0.15) is 4.31 Å². The number of nitrogens with one attached hydrogen (secondary N) is 1. The van der Waals surface area contributed by atoms with E-state index in [2.05, 4.69) is 5.32 Å². The summed E-state index contributed by atoms with van der Waals surface area (Å²) in [4.78, 5) is 13.3. The van der Waals surface area contributed by atoms with Gasteiger partial charge in [0.05, 0.1) is 48.6 Å². The van der Waals surface area contributed by atoms with Crippen LogP contribution in [0, 0.1) is 6.92 Å². The number of methoxy groups -OCH3 is 2. The summed E-state index contributed by atoms with van der Waals surface area (Å²) in [7, 11) is -5.13. The molecule has 3 aromatic carbocycles. The minimum absolute atomic E-state index is 0.0119. The molecule has 0 spiro atoms. The van der Waals surface area contributed by atoms with Crippen LogP contribution in [0.25, 0.3) is 0 Å². The molecule has 0 radical (unpaired) electrons. The zero-order chi connectivity index (χ0) is 28.9. The molecule has 214 valence electrons. The van der Waals surface area contributed by atoms with E-state index in [1.54, 1.807) is 24.3 Å². The van der Waals surface area contributed by atoms with Crippen LogP contribution in [0.3, 0.4) is 0 Å². The topological polar surface area (TPSA) is 132 Å². The molecule has 13 heteroatoms. The monoisotopic (exact) mass is 589 g/mol. The highest BCUT2D eigenvalue weighted by Gasteiger charge is 2.29. The number of sulfonamides is 2. The number of amides is 1. The molecule has 1 aliphatic heterocycles. The number of carbonyl (C=O) groups is 1. The van der Waals surface area contributed by atoms with Crippen molar-refractivity contribution in [3.8, 4) is 11.5 Å². The van der Waals surface area contributed by atoms with Crippen molar-refractivity contribution in [1.82, 2.24) is 4.31 Å². The van der Waals surface area contributed by atoms with Crippen molar-refractivity contribution in [1.29, 1.82) is 0 Å². The highest BCUT2D eigenvalue weighted by molar-refractivity contribution is 7.92. The molecule has 1 saturated heterocycles. The van der Waals surface area contributed by atoms with Gasteiger partial charge in [-0.25, -0.2) is 16.8 Å². The van der Waals surface area contributed by atoms with E-state index >= 15 is 0 Å². The van der Waals surface area contributed by atoms with Crippen molar-refractivity contribution < 1.29 is 35.8 Å². The van der Waals surface area contributed by atoms with Crippen molar-refractivity contribution in [3.63, 3.8) is 0 Å². The van der Waals surface area contributed by atoms with Gasteiger partial charge in [-0.15, -0.1) is 0 Å². The first kappa shape index (κ1) is 29.3. The normalized spacial score (nSPS) is 14.4. The number of benzene rings is 3. The molecule has 1 fully saturated rings. The molecule has 3 aromatic rings. The highest BCUT2D eigenvalue weighted by atomic mass is 32.2. The van der Waals surface area contributed by atoms with Crippen LogP contribution in [0.4, 0.5) is 11.4 Å². The molecular weight excluding hydrogens is 558 g/mol. The van der Waals surface area contributed by atoms with Crippen LogP contribution >= 0.6 is 0 Å². The Morgan fingerprint density at radius 1 is 0.900 bits per heavy atom. The Morgan fingerprint density at radius 2 is 1.52 bits per heavy atom. The van der Waals surface area contributed by atoms with E-state index in [0.29, 0.717) is 5.75 Å². The van der Waals surface area contributed by atoms with Gasteiger partial charge < -0.3 is 19.5 Å². The number of ether oxygens (including phenoxy) is 3. The third-order valence-electron chi connectivity index (χ3n) is 6.31. The van der Waals surface area contributed by atoms with Gasteiger partial charge in [-0.05, 0) is 61.5 Å². The zero-order valence-electron chi connectivity index (χ0n) is 22.4. The smallest absolute Gasteiger partial charge is 0.264 e. The number of morpholine rings is 1. The molecular formula is C27H31N3O8S2. The van der Waals surface area contributed by atoms with Crippen molar-refractivity contribution in [3.05, 3.63) is 72.3 Å². The molecule has 1 heterocycles. The predicted molar refractivity (Wildman–Crippen MR) is 150 cm³/mol. The van der Waals surface area contributed by atoms with Gasteiger partial charge >= 0.3 is 0 Å². The first-order valence-corrected chi connectivity index (χ1v) is 15.2. The van der Waals surface area contributed by atoms with Gasteiger partial charge in [-0.1, -0.05) is 17.7 Å². The van der Waals surface area contributed by atoms with Crippen LogP contribution in [0.1, 0.15) is 5.56 Å². The van der Waals surface area contributed by atoms with Gasteiger partial charge in [0.15, 0.2) is 0 Å². The van der Waals surface area contributed by atoms with Gasteiger partial charge in [0.1, 0.15) is 18.0 Å². The number of aryl methyl sites for hydroxylation is 1. The molecule has 11 nitrogen and oxygen atoms in total. The van der Waals surface area contributed by atoms with Crippen LogP contribution in [0.5, 0.6) is 11.5 Å². The van der Waals surface area contributed by atoms with Gasteiger partial charge in [0.2, 0.25) is 15.9 Å². The van der Waals surface area contributed by atoms with Crippen LogP contribution in [0.15, 0.2) is 76.5 Å². The Labute approximate surface area is 234 Å².